The minimum atomic E-state index is 0. The lowest BCUT2D eigenvalue weighted by Crippen LogP contribution is -2.37. The van der Waals surface area contributed by atoms with Crippen LogP contribution in [0.15, 0.2) is 22.0 Å². The summed E-state index contributed by atoms with van der Waals surface area (Å²) >= 11 is 1.64. The maximum absolute atomic E-state index is 5.41. The zero-order valence-electron chi connectivity index (χ0n) is 12.1. The number of nitrogens with zero attached hydrogens (tertiary/aromatic N) is 3. The van der Waals surface area contributed by atoms with Crippen molar-refractivity contribution in [1.29, 1.82) is 0 Å². The molecular formula is C14H21ClN4OS. The lowest BCUT2D eigenvalue weighted by Gasteiger charge is -2.26. The van der Waals surface area contributed by atoms with Gasteiger partial charge in [-0.1, -0.05) is 18.1 Å². The van der Waals surface area contributed by atoms with Gasteiger partial charge in [0.25, 0.3) is 0 Å². The first-order chi connectivity index (χ1) is 9.86. The van der Waals surface area contributed by atoms with Crippen LogP contribution in [0.25, 0.3) is 10.7 Å². The van der Waals surface area contributed by atoms with Crippen LogP contribution in [-0.2, 0) is 6.54 Å². The lowest BCUT2D eigenvalue weighted by molar-refractivity contribution is 0.174. The quantitative estimate of drug-likeness (QED) is 0.883. The molecule has 3 rings (SSSR count). The molecule has 2 aromatic heterocycles. The van der Waals surface area contributed by atoms with Crippen LogP contribution in [0.1, 0.15) is 25.7 Å². The van der Waals surface area contributed by atoms with E-state index in [0.717, 1.165) is 37.5 Å². The van der Waals surface area contributed by atoms with Gasteiger partial charge in [0.1, 0.15) is 0 Å². The first kappa shape index (κ1) is 16.4. The maximum atomic E-state index is 5.41. The fraction of sp³-hybridized carbons (Fsp3) is 0.571. The Balaban J connectivity index is 0.00000161. The number of aromatic nitrogens is 2. The van der Waals surface area contributed by atoms with Gasteiger partial charge in [-0.25, -0.2) is 0 Å². The Morgan fingerprint density at radius 3 is 3.10 bits per heavy atom. The summed E-state index contributed by atoms with van der Waals surface area (Å²) in [7, 11) is 0. The van der Waals surface area contributed by atoms with Crippen molar-refractivity contribution in [2.45, 2.75) is 32.4 Å². The highest BCUT2D eigenvalue weighted by Crippen LogP contribution is 2.22. The highest BCUT2D eigenvalue weighted by atomic mass is 35.5. The Morgan fingerprint density at radius 2 is 2.43 bits per heavy atom. The van der Waals surface area contributed by atoms with Crippen LogP contribution in [0.4, 0.5) is 0 Å². The average molecular weight is 329 g/mol. The predicted octanol–water partition coefficient (Wildman–Crippen LogP) is 2.79. The van der Waals surface area contributed by atoms with E-state index in [0.29, 0.717) is 17.8 Å². The van der Waals surface area contributed by atoms with E-state index in [1.165, 1.54) is 6.42 Å². The Labute approximate surface area is 135 Å². The smallest absolute Gasteiger partial charge is 0.241 e. The van der Waals surface area contributed by atoms with E-state index in [1.54, 1.807) is 11.3 Å². The van der Waals surface area contributed by atoms with Gasteiger partial charge in [-0.2, -0.15) is 4.98 Å². The minimum Gasteiger partial charge on any atom is -0.338 e. The fourth-order valence-corrected chi connectivity index (χ4v) is 3.28. The second-order valence-corrected chi connectivity index (χ2v) is 6.05. The van der Waals surface area contributed by atoms with Gasteiger partial charge < -0.3 is 9.84 Å². The van der Waals surface area contributed by atoms with Crippen molar-refractivity contribution in [3.63, 3.8) is 0 Å². The number of rotatable bonds is 6. The van der Waals surface area contributed by atoms with E-state index in [-0.39, 0.29) is 12.4 Å². The fourth-order valence-electron chi connectivity index (χ4n) is 2.63. The average Bonchev–Trinajstić information content (AvgIpc) is 3.20. The lowest BCUT2D eigenvalue weighted by atomic mass is 10.2. The molecule has 0 bridgehead atoms. The van der Waals surface area contributed by atoms with E-state index in [2.05, 4.69) is 27.3 Å². The van der Waals surface area contributed by atoms with Crippen molar-refractivity contribution in [3.8, 4) is 10.7 Å². The molecule has 0 saturated carbocycles. The molecule has 21 heavy (non-hydrogen) atoms. The van der Waals surface area contributed by atoms with Crippen molar-refractivity contribution in [2.24, 2.45) is 0 Å². The normalized spacial score (nSPS) is 18.1. The van der Waals surface area contributed by atoms with Crippen LogP contribution >= 0.6 is 23.7 Å². The van der Waals surface area contributed by atoms with Crippen molar-refractivity contribution in [2.75, 3.05) is 19.6 Å². The van der Waals surface area contributed by atoms with Crippen LogP contribution in [0.3, 0.4) is 0 Å². The van der Waals surface area contributed by atoms with Crippen LogP contribution in [0.2, 0.25) is 0 Å². The summed E-state index contributed by atoms with van der Waals surface area (Å²) in [5.74, 6) is 1.42. The summed E-state index contributed by atoms with van der Waals surface area (Å²) in [6, 6.07) is 4.61. The minimum absolute atomic E-state index is 0. The monoisotopic (exact) mass is 328 g/mol. The molecule has 1 aliphatic heterocycles. The molecule has 7 heteroatoms. The third-order valence-corrected chi connectivity index (χ3v) is 4.48. The Hall–Kier alpha value is -0.950. The van der Waals surface area contributed by atoms with Gasteiger partial charge in [-0.05, 0) is 37.4 Å². The number of thiophene rings is 1. The van der Waals surface area contributed by atoms with Crippen molar-refractivity contribution in [3.05, 3.63) is 23.4 Å². The number of halogens is 1. The van der Waals surface area contributed by atoms with Crippen molar-refractivity contribution < 1.29 is 4.52 Å². The standard InChI is InChI=1S/C14H20N4OS.ClH/c1-2-7-18(11-5-6-15-9-11)10-13-16-14(17-19-13)12-4-3-8-20-12;/h3-4,8,11,15H,2,5-7,9-10H2,1H3;1H. The van der Waals surface area contributed by atoms with Gasteiger partial charge in [0.05, 0.1) is 11.4 Å². The molecule has 116 valence electrons. The number of hydrogen-bond acceptors (Lipinski definition) is 6. The largest absolute Gasteiger partial charge is 0.338 e. The van der Waals surface area contributed by atoms with Gasteiger partial charge in [-0.3, -0.25) is 4.90 Å². The molecule has 1 N–H and O–H groups in total. The SMILES string of the molecule is CCCN(Cc1nc(-c2cccs2)no1)C1CCNC1.Cl. The van der Waals surface area contributed by atoms with E-state index in [9.17, 15) is 0 Å². The molecule has 1 unspecified atom stereocenters. The molecule has 3 heterocycles. The van der Waals surface area contributed by atoms with Crippen LogP contribution in [-0.4, -0.2) is 40.7 Å². The van der Waals surface area contributed by atoms with E-state index < -0.39 is 0 Å². The Bertz CT molecular complexity index is 525. The van der Waals surface area contributed by atoms with Crippen molar-refractivity contribution in [1.82, 2.24) is 20.4 Å². The summed E-state index contributed by atoms with van der Waals surface area (Å²) < 4.78 is 5.41. The summed E-state index contributed by atoms with van der Waals surface area (Å²) in [4.78, 5) is 8.03. The second kappa shape index (κ2) is 7.89. The van der Waals surface area contributed by atoms with Gasteiger partial charge in [0.2, 0.25) is 11.7 Å². The molecule has 0 radical (unpaired) electrons. The molecule has 1 atom stereocenters. The van der Waals surface area contributed by atoms with Crippen LogP contribution in [0, 0.1) is 0 Å². The molecule has 0 amide bonds. The predicted molar refractivity (Wildman–Crippen MR) is 86.8 cm³/mol. The van der Waals surface area contributed by atoms with Crippen LogP contribution in [0.5, 0.6) is 0 Å². The number of hydrogen-bond donors (Lipinski definition) is 1. The summed E-state index contributed by atoms with van der Waals surface area (Å²) in [6.07, 6.45) is 2.34. The molecule has 2 aromatic rings. The second-order valence-electron chi connectivity index (χ2n) is 5.11. The van der Waals surface area contributed by atoms with E-state index in [4.69, 9.17) is 4.52 Å². The third kappa shape index (κ3) is 4.03. The molecule has 5 nitrogen and oxygen atoms in total. The molecule has 0 aromatic carbocycles. The highest BCUT2D eigenvalue weighted by Gasteiger charge is 2.23. The van der Waals surface area contributed by atoms with Gasteiger partial charge in [-0.15, -0.1) is 23.7 Å². The Kier molecular flexibility index (Phi) is 6.17. The zero-order valence-corrected chi connectivity index (χ0v) is 13.8. The number of nitrogens with one attached hydrogen (secondary N) is 1. The molecule has 1 aliphatic rings. The molecular weight excluding hydrogens is 308 g/mol. The third-order valence-electron chi connectivity index (χ3n) is 3.61. The van der Waals surface area contributed by atoms with Crippen molar-refractivity contribution >= 4 is 23.7 Å². The Morgan fingerprint density at radius 1 is 1.52 bits per heavy atom. The topological polar surface area (TPSA) is 54.2 Å². The van der Waals surface area contributed by atoms with Gasteiger partial charge in [0.15, 0.2) is 0 Å². The first-order valence-electron chi connectivity index (χ1n) is 7.18. The highest BCUT2D eigenvalue weighted by molar-refractivity contribution is 7.13. The van der Waals surface area contributed by atoms with Gasteiger partial charge in [0, 0.05) is 12.6 Å². The van der Waals surface area contributed by atoms with E-state index >= 15 is 0 Å². The maximum Gasteiger partial charge on any atom is 0.241 e. The summed E-state index contributed by atoms with van der Waals surface area (Å²) in [5, 5.41) is 9.53. The van der Waals surface area contributed by atoms with E-state index in [1.807, 2.05) is 17.5 Å². The molecule has 1 fully saturated rings. The molecule has 0 aliphatic carbocycles. The summed E-state index contributed by atoms with van der Waals surface area (Å²) in [5.41, 5.74) is 0. The van der Waals surface area contributed by atoms with Gasteiger partial charge >= 0.3 is 0 Å². The zero-order chi connectivity index (χ0) is 13.8. The summed E-state index contributed by atoms with van der Waals surface area (Å²) in [6.45, 7) is 6.20. The first-order valence-corrected chi connectivity index (χ1v) is 8.06. The molecule has 0 spiro atoms. The molecule has 1 saturated heterocycles. The van der Waals surface area contributed by atoms with Crippen LogP contribution < -0.4 is 5.32 Å².